The minimum absolute atomic E-state index is 0.00618. The van der Waals surface area contributed by atoms with Crippen molar-refractivity contribution in [3.63, 3.8) is 0 Å². The van der Waals surface area contributed by atoms with E-state index in [1.807, 2.05) is 22.2 Å². The molecule has 2 aromatic heterocycles. The van der Waals surface area contributed by atoms with Gasteiger partial charge in [0, 0.05) is 24.3 Å². The first-order valence-corrected chi connectivity index (χ1v) is 9.47. The van der Waals surface area contributed by atoms with E-state index in [1.165, 1.54) is 43.4 Å². The lowest BCUT2D eigenvalue weighted by molar-refractivity contribution is -0.134. The van der Waals surface area contributed by atoms with E-state index < -0.39 is 5.91 Å². The van der Waals surface area contributed by atoms with Crippen LogP contribution in [0.25, 0.3) is 4.96 Å². The first kappa shape index (κ1) is 17.0. The molecule has 1 fully saturated rings. The van der Waals surface area contributed by atoms with Crippen LogP contribution in [0.2, 0.25) is 0 Å². The molecular weight excluding hydrogens is 324 g/mol. The highest BCUT2D eigenvalue weighted by molar-refractivity contribution is 7.15. The van der Waals surface area contributed by atoms with E-state index in [9.17, 15) is 9.59 Å². The van der Waals surface area contributed by atoms with Crippen molar-refractivity contribution >= 4 is 28.1 Å². The van der Waals surface area contributed by atoms with Crippen LogP contribution in [0.3, 0.4) is 0 Å². The highest BCUT2D eigenvalue weighted by Gasteiger charge is 2.20. The molecule has 7 heteroatoms. The van der Waals surface area contributed by atoms with Gasteiger partial charge in [0.15, 0.2) is 4.96 Å². The number of thiazole rings is 1. The van der Waals surface area contributed by atoms with Crippen LogP contribution < -0.4 is 5.73 Å². The maximum Gasteiger partial charge on any atom is 0.237 e. The van der Waals surface area contributed by atoms with Crippen molar-refractivity contribution < 1.29 is 9.59 Å². The zero-order valence-electron chi connectivity index (χ0n) is 13.8. The van der Waals surface area contributed by atoms with Gasteiger partial charge in [-0.3, -0.25) is 14.0 Å². The minimum Gasteiger partial charge on any atom is -0.368 e. The van der Waals surface area contributed by atoms with Crippen molar-refractivity contribution in [3.05, 3.63) is 23.5 Å². The van der Waals surface area contributed by atoms with Gasteiger partial charge < -0.3 is 10.6 Å². The SMILES string of the molecule is NC(=O)CN(CCC1CCCCC1)C(=O)Cc1cn2ccsc2n1. The summed E-state index contributed by atoms with van der Waals surface area (Å²) in [6.07, 6.45) is 11.3. The van der Waals surface area contributed by atoms with Crippen LogP contribution >= 0.6 is 11.3 Å². The molecule has 0 unspecified atom stereocenters. The maximum atomic E-state index is 12.6. The Bertz CT molecular complexity index is 674. The normalized spacial score (nSPS) is 15.7. The Morgan fingerprint density at radius 1 is 1.33 bits per heavy atom. The van der Waals surface area contributed by atoms with Crippen molar-refractivity contribution in [1.29, 1.82) is 0 Å². The molecule has 6 nitrogen and oxygen atoms in total. The number of rotatable bonds is 7. The van der Waals surface area contributed by atoms with Gasteiger partial charge in [0.25, 0.3) is 0 Å². The molecule has 130 valence electrons. The third kappa shape index (κ3) is 4.35. The summed E-state index contributed by atoms with van der Waals surface area (Å²) in [6.45, 7) is 0.600. The predicted molar refractivity (Wildman–Crippen MR) is 93.7 cm³/mol. The highest BCUT2D eigenvalue weighted by atomic mass is 32.1. The number of fused-ring (bicyclic) bond motifs is 1. The van der Waals surface area contributed by atoms with Crippen LogP contribution in [0.4, 0.5) is 0 Å². The summed E-state index contributed by atoms with van der Waals surface area (Å²) in [6, 6.07) is 0. The number of hydrogen-bond donors (Lipinski definition) is 1. The van der Waals surface area contributed by atoms with Crippen LogP contribution in [0, 0.1) is 5.92 Å². The molecule has 0 radical (unpaired) electrons. The van der Waals surface area contributed by atoms with Gasteiger partial charge in [-0.25, -0.2) is 4.98 Å². The molecule has 2 heterocycles. The minimum atomic E-state index is -0.460. The average Bonchev–Trinajstić information content (AvgIpc) is 3.13. The molecule has 24 heavy (non-hydrogen) atoms. The Morgan fingerprint density at radius 2 is 2.12 bits per heavy atom. The van der Waals surface area contributed by atoms with Crippen LogP contribution in [-0.4, -0.2) is 39.2 Å². The number of imidazole rings is 1. The van der Waals surface area contributed by atoms with Gasteiger partial charge in [-0.15, -0.1) is 11.3 Å². The molecule has 0 aromatic carbocycles. The second-order valence-corrected chi connectivity index (χ2v) is 7.45. The lowest BCUT2D eigenvalue weighted by Gasteiger charge is -2.26. The van der Waals surface area contributed by atoms with Gasteiger partial charge in [0.2, 0.25) is 11.8 Å². The molecule has 1 aliphatic rings. The Labute approximate surface area is 145 Å². The molecule has 2 aromatic rings. The van der Waals surface area contributed by atoms with E-state index in [-0.39, 0.29) is 18.9 Å². The molecule has 0 bridgehead atoms. The molecule has 1 aliphatic carbocycles. The number of nitrogens with zero attached hydrogens (tertiary/aromatic N) is 3. The summed E-state index contributed by atoms with van der Waals surface area (Å²) in [5, 5.41) is 1.96. The summed E-state index contributed by atoms with van der Waals surface area (Å²) >= 11 is 1.54. The van der Waals surface area contributed by atoms with Crippen molar-refractivity contribution in [2.24, 2.45) is 11.7 Å². The lowest BCUT2D eigenvalue weighted by Crippen LogP contribution is -2.40. The number of hydrogen-bond acceptors (Lipinski definition) is 4. The molecule has 0 saturated heterocycles. The van der Waals surface area contributed by atoms with Crippen LogP contribution in [0.15, 0.2) is 17.8 Å². The smallest absolute Gasteiger partial charge is 0.237 e. The second-order valence-electron chi connectivity index (χ2n) is 6.58. The molecule has 3 rings (SSSR count). The topological polar surface area (TPSA) is 80.7 Å². The fourth-order valence-electron chi connectivity index (χ4n) is 3.42. The lowest BCUT2D eigenvalue weighted by atomic mass is 9.87. The average molecular weight is 348 g/mol. The Kier molecular flexibility index (Phi) is 5.50. The molecule has 1 saturated carbocycles. The van der Waals surface area contributed by atoms with Crippen molar-refractivity contribution in [1.82, 2.24) is 14.3 Å². The van der Waals surface area contributed by atoms with E-state index in [4.69, 9.17) is 5.73 Å². The van der Waals surface area contributed by atoms with E-state index in [0.717, 1.165) is 17.1 Å². The largest absolute Gasteiger partial charge is 0.368 e. The van der Waals surface area contributed by atoms with E-state index in [1.54, 1.807) is 4.90 Å². The molecule has 2 N–H and O–H groups in total. The monoisotopic (exact) mass is 348 g/mol. The quantitative estimate of drug-likeness (QED) is 0.833. The van der Waals surface area contributed by atoms with Crippen LogP contribution in [0.1, 0.15) is 44.2 Å². The number of aromatic nitrogens is 2. The second kappa shape index (κ2) is 7.79. The number of carbonyl (C=O) groups is 2. The molecule has 0 atom stereocenters. The van der Waals surface area contributed by atoms with Gasteiger partial charge in [-0.05, 0) is 12.3 Å². The van der Waals surface area contributed by atoms with E-state index in [0.29, 0.717) is 12.5 Å². The van der Waals surface area contributed by atoms with E-state index in [2.05, 4.69) is 4.98 Å². The molecule has 2 amide bonds. The van der Waals surface area contributed by atoms with Gasteiger partial charge in [-0.1, -0.05) is 32.1 Å². The number of primary amides is 1. The summed E-state index contributed by atoms with van der Waals surface area (Å²) in [5.74, 6) is 0.132. The van der Waals surface area contributed by atoms with Gasteiger partial charge in [0.1, 0.15) is 0 Å². The highest BCUT2D eigenvalue weighted by Crippen LogP contribution is 2.26. The third-order valence-electron chi connectivity index (χ3n) is 4.71. The first-order valence-electron chi connectivity index (χ1n) is 8.59. The Morgan fingerprint density at radius 3 is 2.83 bits per heavy atom. The summed E-state index contributed by atoms with van der Waals surface area (Å²) < 4.78 is 1.91. The predicted octanol–water partition coefficient (Wildman–Crippen LogP) is 2.22. The summed E-state index contributed by atoms with van der Waals surface area (Å²) in [4.78, 5) is 30.8. The fourth-order valence-corrected chi connectivity index (χ4v) is 4.14. The standard InChI is InChI=1S/C17H24N4O2S/c18-15(22)12-20(7-6-13-4-2-1-3-5-13)16(23)10-14-11-21-8-9-24-17(21)19-14/h8-9,11,13H,1-7,10,12H2,(H2,18,22). The van der Waals surface area contributed by atoms with Crippen molar-refractivity contribution in [2.45, 2.75) is 44.9 Å². The Hall–Kier alpha value is -1.89. The van der Waals surface area contributed by atoms with Crippen LogP contribution in [0.5, 0.6) is 0 Å². The molecule has 0 spiro atoms. The van der Waals surface area contributed by atoms with Crippen molar-refractivity contribution in [3.8, 4) is 0 Å². The zero-order chi connectivity index (χ0) is 16.9. The Balaban J connectivity index is 1.59. The molecular formula is C17H24N4O2S. The summed E-state index contributed by atoms with van der Waals surface area (Å²) in [7, 11) is 0. The first-order chi connectivity index (χ1) is 11.6. The van der Waals surface area contributed by atoms with Crippen molar-refractivity contribution in [2.75, 3.05) is 13.1 Å². The third-order valence-corrected chi connectivity index (χ3v) is 5.48. The van der Waals surface area contributed by atoms with Gasteiger partial charge in [-0.2, -0.15) is 0 Å². The summed E-state index contributed by atoms with van der Waals surface area (Å²) in [5.41, 5.74) is 6.06. The zero-order valence-corrected chi connectivity index (χ0v) is 14.6. The fraction of sp³-hybridized carbons (Fsp3) is 0.588. The van der Waals surface area contributed by atoms with Crippen LogP contribution in [-0.2, 0) is 16.0 Å². The molecule has 0 aliphatic heterocycles. The number of nitrogens with two attached hydrogens (primary N) is 1. The van der Waals surface area contributed by atoms with E-state index >= 15 is 0 Å². The van der Waals surface area contributed by atoms with Gasteiger partial charge >= 0.3 is 0 Å². The number of carbonyl (C=O) groups excluding carboxylic acids is 2. The maximum absolute atomic E-state index is 12.6. The van der Waals surface area contributed by atoms with Gasteiger partial charge in [0.05, 0.1) is 18.7 Å². The number of amides is 2.